The lowest BCUT2D eigenvalue weighted by Gasteiger charge is -2.15. The van der Waals surface area contributed by atoms with Crippen molar-refractivity contribution in [2.24, 2.45) is 0 Å². The van der Waals surface area contributed by atoms with Crippen molar-refractivity contribution in [2.45, 2.75) is 19.9 Å². The number of carbonyl (C=O) groups is 1. The van der Waals surface area contributed by atoms with Crippen molar-refractivity contribution in [3.05, 3.63) is 33.1 Å². The highest BCUT2D eigenvalue weighted by atomic mass is 35.5. The second-order valence-electron chi connectivity index (χ2n) is 3.80. The van der Waals surface area contributed by atoms with Gasteiger partial charge in [-0.05, 0) is 19.9 Å². The van der Waals surface area contributed by atoms with Crippen molar-refractivity contribution in [3.63, 3.8) is 0 Å². The molecule has 1 aromatic carbocycles. The van der Waals surface area contributed by atoms with Gasteiger partial charge in [-0.15, -0.1) is 0 Å². The minimum absolute atomic E-state index is 0.00449. The van der Waals surface area contributed by atoms with Gasteiger partial charge in [-0.25, -0.2) is 4.39 Å². The van der Waals surface area contributed by atoms with Gasteiger partial charge in [0.05, 0.1) is 16.0 Å². The van der Waals surface area contributed by atoms with Crippen LogP contribution in [0.25, 0.3) is 0 Å². The molecule has 8 heteroatoms. The molecular formula is C11H13ClFN3O3. The number of hydrogen-bond acceptors (Lipinski definition) is 4. The molecule has 0 aliphatic carbocycles. The Labute approximate surface area is 114 Å². The molecule has 0 aliphatic rings. The Bertz CT molecular complexity index is 510. The molecule has 1 rings (SSSR count). The zero-order valence-electron chi connectivity index (χ0n) is 10.4. The van der Waals surface area contributed by atoms with Crippen LogP contribution in [-0.4, -0.2) is 23.4 Å². The van der Waals surface area contributed by atoms with Gasteiger partial charge in [-0.1, -0.05) is 11.6 Å². The molecule has 1 unspecified atom stereocenters. The van der Waals surface area contributed by atoms with Gasteiger partial charge >= 0.3 is 0 Å². The summed E-state index contributed by atoms with van der Waals surface area (Å²) in [4.78, 5) is 21.6. The fraction of sp³-hybridized carbons (Fsp3) is 0.364. The first-order valence-electron chi connectivity index (χ1n) is 5.54. The van der Waals surface area contributed by atoms with E-state index in [0.717, 1.165) is 12.1 Å². The topological polar surface area (TPSA) is 84.3 Å². The number of carbonyl (C=O) groups excluding carboxylic acids is 1. The van der Waals surface area contributed by atoms with Crippen molar-refractivity contribution >= 4 is 28.9 Å². The molecule has 0 heterocycles. The lowest BCUT2D eigenvalue weighted by molar-refractivity contribution is -0.384. The second kappa shape index (κ2) is 6.33. The third kappa shape index (κ3) is 3.78. The van der Waals surface area contributed by atoms with E-state index in [1.807, 2.05) is 0 Å². The number of nitrogens with zero attached hydrogens (tertiary/aromatic N) is 1. The number of anilines is 1. The van der Waals surface area contributed by atoms with Crippen molar-refractivity contribution in [1.29, 1.82) is 0 Å². The molecule has 0 saturated carbocycles. The van der Waals surface area contributed by atoms with Crippen molar-refractivity contribution in [2.75, 3.05) is 11.9 Å². The van der Waals surface area contributed by atoms with Crippen LogP contribution in [0.3, 0.4) is 0 Å². The Morgan fingerprint density at radius 3 is 2.74 bits per heavy atom. The van der Waals surface area contributed by atoms with Crippen LogP contribution in [-0.2, 0) is 4.79 Å². The minimum Gasteiger partial charge on any atom is -0.368 e. The quantitative estimate of drug-likeness (QED) is 0.643. The monoisotopic (exact) mass is 289 g/mol. The molecule has 0 bridgehead atoms. The van der Waals surface area contributed by atoms with Crippen LogP contribution in [0.1, 0.15) is 13.8 Å². The van der Waals surface area contributed by atoms with E-state index >= 15 is 0 Å². The standard InChI is InChI=1S/C11H13ClFN3O3/c1-3-14-11(17)6(2)15-9-4-7(12)8(13)5-10(9)16(18)19/h4-6,15H,3H2,1-2H3,(H,14,17). The van der Waals surface area contributed by atoms with Gasteiger partial charge < -0.3 is 10.6 Å². The number of hydrogen-bond donors (Lipinski definition) is 2. The molecule has 0 aliphatic heterocycles. The van der Waals surface area contributed by atoms with Crippen LogP contribution in [0.2, 0.25) is 5.02 Å². The summed E-state index contributed by atoms with van der Waals surface area (Å²) < 4.78 is 13.2. The molecule has 19 heavy (non-hydrogen) atoms. The minimum atomic E-state index is -0.885. The molecule has 0 saturated heterocycles. The third-order valence-corrected chi connectivity index (χ3v) is 2.64. The summed E-state index contributed by atoms with van der Waals surface area (Å²) in [5.74, 6) is -1.21. The normalized spacial score (nSPS) is 11.8. The molecule has 1 atom stereocenters. The van der Waals surface area contributed by atoms with E-state index in [1.165, 1.54) is 6.92 Å². The van der Waals surface area contributed by atoms with Gasteiger partial charge in [0.1, 0.15) is 17.5 Å². The van der Waals surface area contributed by atoms with E-state index in [-0.39, 0.29) is 16.6 Å². The van der Waals surface area contributed by atoms with Crippen LogP contribution >= 0.6 is 11.6 Å². The number of likely N-dealkylation sites (N-methyl/N-ethyl adjacent to an activating group) is 1. The number of nitrogens with one attached hydrogen (secondary N) is 2. The third-order valence-electron chi connectivity index (χ3n) is 2.35. The second-order valence-corrected chi connectivity index (χ2v) is 4.21. The van der Waals surface area contributed by atoms with Gasteiger partial charge in [-0.2, -0.15) is 0 Å². The number of nitro groups is 1. The summed E-state index contributed by atoms with van der Waals surface area (Å²) in [6, 6.07) is 1.10. The highest BCUT2D eigenvalue weighted by Crippen LogP contribution is 2.30. The van der Waals surface area contributed by atoms with E-state index in [4.69, 9.17) is 11.6 Å². The zero-order valence-corrected chi connectivity index (χ0v) is 11.1. The van der Waals surface area contributed by atoms with Gasteiger partial charge in [0.2, 0.25) is 5.91 Å². The van der Waals surface area contributed by atoms with Crippen molar-refractivity contribution < 1.29 is 14.1 Å². The number of nitro benzene ring substituents is 1. The van der Waals surface area contributed by atoms with Crippen LogP contribution in [0.15, 0.2) is 12.1 Å². The highest BCUT2D eigenvalue weighted by Gasteiger charge is 2.21. The Kier molecular flexibility index (Phi) is 5.05. The maximum absolute atomic E-state index is 13.2. The van der Waals surface area contributed by atoms with E-state index < -0.39 is 22.5 Å². The Morgan fingerprint density at radius 1 is 1.58 bits per heavy atom. The summed E-state index contributed by atoms with van der Waals surface area (Å²) in [5.41, 5.74) is -0.479. The zero-order chi connectivity index (χ0) is 14.6. The Hall–Kier alpha value is -1.89. The first-order valence-corrected chi connectivity index (χ1v) is 5.92. The maximum atomic E-state index is 13.2. The van der Waals surface area contributed by atoms with E-state index in [1.54, 1.807) is 6.92 Å². The summed E-state index contributed by atoms with van der Waals surface area (Å²) in [6.07, 6.45) is 0. The van der Waals surface area contributed by atoms with E-state index in [9.17, 15) is 19.3 Å². The molecule has 0 aromatic heterocycles. The average molecular weight is 290 g/mol. The first kappa shape index (κ1) is 15.2. The summed E-state index contributed by atoms with van der Waals surface area (Å²) in [5, 5.41) is 15.8. The largest absolute Gasteiger partial charge is 0.368 e. The van der Waals surface area contributed by atoms with Crippen molar-refractivity contribution in [1.82, 2.24) is 5.32 Å². The molecule has 1 amide bonds. The smallest absolute Gasteiger partial charge is 0.295 e. The molecule has 6 nitrogen and oxygen atoms in total. The molecule has 2 N–H and O–H groups in total. The molecule has 0 radical (unpaired) electrons. The van der Waals surface area contributed by atoms with Gasteiger partial charge in [0.25, 0.3) is 5.69 Å². The summed E-state index contributed by atoms with van der Waals surface area (Å²) >= 11 is 5.58. The number of rotatable bonds is 5. The van der Waals surface area contributed by atoms with E-state index in [2.05, 4.69) is 10.6 Å². The predicted octanol–water partition coefficient (Wildman–Crippen LogP) is 2.32. The number of benzene rings is 1. The van der Waals surface area contributed by atoms with Gasteiger partial charge in [-0.3, -0.25) is 14.9 Å². The summed E-state index contributed by atoms with van der Waals surface area (Å²) in [6.45, 7) is 3.73. The first-order chi connectivity index (χ1) is 8.86. The van der Waals surface area contributed by atoms with Crippen LogP contribution in [0.5, 0.6) is 0 Å². The molecule has 0 spiro atoms. The average Bonchev–Trinajstić information content (AvgIpc) is 2.33. The fourth-order valence-electron chi connectivity index (χ4n) is 1.43. The lowest BCUT2D eigenvalue weighted by Crippen LogP contribution is -2.37. The van der Waals surface area contributed by atoms with Crippen LogP contribution in [0, 0.1) is 15.9 Å². The summed E-state index contributed by atoms with van der Waals surface area (Å²) in [7, 11) is 0. The van der Waals surface area contributed by atoms with Gasteiger partial charge in [0, 0.05) is 6.54 Å². The van der Waals surface area contributed by atoms with Crippen LogP contribution in [0.4, 0.5) is 15.8 Å². The van der Waals surface area contributed by atoms with Crippen LogP contribution < -0.4 is 10.6 Å². The number of amides is 1. The molecule has 1 aromatic rings. The predicted molar refractivity (Wildman–Crippen MR) is 69.8 cm³/mol. The SMILES string of the molecule is CCNC(=O)C(C)Nc1cc(Cl)c(F)cc1[N+](=O)[O-]. The van der Waals surface area contributed by atoms with Gasteiger partial charge in [0.15, 0.2) is 0 Å². The lowest BCUT2D eigenvalue weighted by atomic mass is 10.2. The maximum Gasteiger partial charge on any atom is 0.295 e. The Balaban J connectivity index is 3.03. The number of halogens is 2. The molecule has 0 fully saturated rings. The molecular weight excluding hydrogens is 277 g/mol. The highest BCUT2D eigenvalue weighted by molar-refractivity contribution is 6.31. The van der Waals surface area contributed by atoms with Crippen molar-refractivity contribution in [3.8, 4) is 0 Å². The fourth-order valence-corrected chi connectivity index (χ4v) is 1.59. The van der Waals surface area contributed by atoms with E-state index in [0.29, 0.717) is 6.54 Å². The Morgan fingerprint density at radius 2 is 2.21 bits per heavy atom. The molecule has 104 valence electrons.